The number of nitrogens with one attached hydrogen (secondary N) is 1. The molecule has 2 aromatic carbocycles. The van der Waals surface area contributed by atoms with Crippen LogP contribution in [-0.4, -0.2) is 5.91 Å². The molecule has 0 aliphatic heterocycles. The van der Waals surface area contributed by atoms with Gasteiger partial charge >= 0.3 is 0 Å². The number of carbonyl (C=O) groups excluding carboxylic acids is 1. The summed E-state index contributed by atoms with van der Waals surface area (Å²) >= 11 is 2.23. The summed E-state index contributed by atoms with van der Waals surface area (Å²) in [6.07, 6.45) is 0. The largest absolute Gasteiger partial charge is 0.451 e. The molecule has 1 amide bonds. The first-order chi connectivity index (χ1) is 11.0. The molecule has 23 heavy (non-hydrogen) atoms. The van der Waals surface area contributed by atoms with Crippen LogP contribution in [0.15, 0.2) is 59.0 Å². The van der Waals surface area contributed by atoms with Crippen molar-refractivity contribution in [2.45, 2.75) is 13.8 Å². The van der Waals surface area contributed by atoms with E-state index in [0.717, 1.165) is 14.8 Å². The van der Waals surface area contributed by atoms with Gasteiger partial charge in [-0.25, -0.2) is 0 Å². The number of hydrogen-bond acceptors (Lipinski definition) is 2. The van der Waals surface area contributed by atoms with Crippen LogP contribution in [-0.2, 0) is 0 Å². The molecule has 0 spiro atoms. The van der Waals surface area contributed by atoms with E-state index in [2.05, 4.69) is 53.9 Å². The van der Waals surface area contributed by atoms with Crippen LogP contribution < -0.4 is 5.32 Å². The second-order valence-electron chi connectivity index (χ2n) is 5.42. The van der Waals surface area contributed by atoms with E-state index >= 15 is 0 Å². The lowest BCUT2D eigenvalue weighted by Crippen LogP contribution is -2.10. The third-order valence-electron chi connectivity index (χ3n) is 3.72. The number of benzene rings is 2. The molecule has 1 heterocycles. The minimum atomic E-state index is -0.249. The van der Waals surface area contributed by atoms with Gasteiger partial charge in [0.2, 0.25) is 0 Å². The highest BCUT2D eigenvalue weighted by Gasteiger charge is 2.13. The lowest BCUT2D eigenvalue weighted by Gasteiger charge is -2.04. The highest BCUT2D eigenvalue weighted by Crippen LogP contribution is 2.25. The minimum Gasteiger partial charge on any atom is -0.451 e. The van der Waals surface area contributed by atoms with Gasteiger partial charge in [-0.3, -0.25) is 4.79 Å². The van der Waals surface area contributed by atoms with E-state index in [1.165, 1.54) is 11.1 Å². The molecule has 1 aromatic heterocycles. The fourth-order valence-corrected chi connectivity index (χ4v) is 2.60. The van der Waals surface area contributed by atoms with Crippen LogP contribution in [0.2, 0.25) is 0 Å². The van der Waals surface area contributed by atoms with Crippen molar-refractivity contribution in [1.82, 2.24) is 0 Å². The number of aryl methyl sites for hydroxylation is 2. The van der Waals surface area contributed by atoms with E-state index in [-0.39, 0.29) is 5.91 Å². The Kier molecular flexibility index (Phi) is 4.52. The van der Waals surface area contributed by atoms with Crippen LogP contribution in [0.3, 0.4) is 0 Å². The predicted octanol–water partition coefficient (Wildman–Crippen LogP) is 5.42. The van der Waals surface area contributed by atoms with Gasteiger partial charge in [0.15, 0.2) is 5.76 Å². The quantitative estimate of drug-likeness (QED) is 0.579. The monoisotopic (exact) mass is 417 g/mol. The number of amides is 1. The highest BCUT2D eigenvalue weighted by molar-refractivity contribution is 14.1. The van der Waals surface area contributed by atoms with Crippen molar-refractivity contribution in [2.75, 3.05) is 5.32 Å². The molecule has 0 aliphatic carbocycles. The molecule has 0 aliphatic rings. The molecule has 0 atom stereocenters. The van der Waals surface area contributed by atoms with Gasteiger partial charge in [-0.05, 0) is 90.0 Å². The second kappa shape index (κ2) is 6.58. The molecule has 3 rings (SSSR count). The van der Waals surface area contributed by atoms with E-state index < -0.39 is 0 Å². The first-order valence-electron chi connectivity index (χ1n) is 7.27. The number of anilines is 1. The third-order valence-corrected chi connectivity index (χ3v) is 4.44. The molecule has 3 aromatic rings. The summed E-state index contributed by atoms with van der Waals surface area (Å²) < 4.78 is 6.83. The molecule has 4 heteroatoms. The maximum atomic E-state index is 12.3. The van der Waals surface area contributed by atoms with Gasteiger partial charge in [-0.1, -0.05) is 12.1 Å². The zero-order chi connectivity index (χ0) is 16.4. The van der Waals surface area contributed by atoms with E-state index in [1.807, 2.05) is 36.4 Å². The number of halogens is 1. The van der Waals surface area contributed by atoms with Crippen LogP contribution in [0.5, 0.6) is 0 Å². The van der Waals surface area contributed by atoms with Gasteiger partial charge in [0.1, 0.15) is 5.76 Å². The molecular weight excluding hydrogens is 401 g/mol. The van der Waals surface area contributed by atoms with Crippen molar-refractivity contribution >= 4 is 34.2 Å². The van der Waals surface area contributed by atoms with Crippen LogP contribution in [0.25, 0.3) is 11.3 Å². The van der Waals surface area contributed by atoms with E-state index in [1.54, 1.807) is 6.07 Å². The summed E-state index contributed by atoms with van der Waals surface area (Å²) in [6, 6.07) is 17.3. The Bertz CT molecular complexity index is 850. The molecule has 0 radical (unpaired) electrons. The molecule has 0 saturated carbocycles. The third kappa shape index (κ3) is 3.64. The normalized spacial score (nSPS) is 10.6. The molecule has 116 valence electrons. The van der Waals surface area contributed by atoms with Gasteiger partial charge in [0, 0.05) is 14.8 Å². The van der Waals surface area contributed by atoms with E-state index in [4.69, 9.17) is 4.42 Å². The Morgan fingerprint density at radius 3 is 2.39 bits per heavy atom. The fourth-order valence-electron chi connectivity index (χ4n) is 2.24. The van der Waals surface area contributed by atoms with Crippen molar-refractivity contribution < 1.29 is 9.21 Å². The number of hydrogen-bond donors (Lipinski definition) is 1. The van der Waals surface area contributed by atoms with Crippen LogP contribution in [0.1, 0.15) is 21.7 Å². The van der Waals surface area contributed by atoms with Crippen LogP contribution in [0.4, 0.5) is 5.69 Å². The van der Waals surface area contributed by atoms with E-state index in [9.17, 15) is 4.79 Å². The standard InChI is InChI=1S/C19H16INO2/c1-12-3-4-14(11-13(12)2)17-9-10-18(23-17)19(22)21-16-7-5-15(20)6-8-16/h3-11H,1-2H3,(H,21,22). The summed E-state index contributed by atoms with van der Waals surface area (Å²) in [5.74, 6) is 0.749. The van der Waals surface area contributed by atoms with Crippen molar-refractivity contribution in [3.63, 3.8) is 0 Å². The fraction of sp³-hybridized carbons (Fsp3) is 0.105. The average molecular weight is 417 g/mol. The number of furan rings is 1. The molecule has 0 fully saturated rings. The average Bonchev–Trinajstić information content (AvgIpc) is 3.02. The van der Waals surface area contributed by atoms with Gasteiger partial charge in [-0.2, -0.15) is 0 Å². The van der Waals surface area contributed by atoms with Crippen molar-refractivity contribution in [3.05, 3.63) is 75.1 Å². The van der Waals surface area contributed by atoms with Crippen molar-refractivity contribution in [1.29, 1.82) is 0 Å². The van der Waals surface area contributed by atoms with E-state index in [0.29, 0.717) is 11.5 Å². The Hall–Kier alpha value is -2.08. The maximum Gasteiger partial charge on any atom is 0.291 e. The topological polar surface area (TPSA) is 42.2 Å². The smallest absolute Gasteiger partial charge is 0.291 e. The molecule has 1 N–H and O–H groups in total. The summed E-state index contributed by atoms with van der Waals surface area (Å²) in [5, 5.41) is 2.83. The predicted molar refractivity (Wildman–Crippen MR) is 101 cm³/mol. The Morgan fingerprint density at radius 1 is 0.957 bits per heavy atom. The molecule has 0 saturated heterocycles. The zero-order valence-electron chi connectivity index (χ0n) is 12.9. The number of carbonyl (C=O) groups is 1. The maximum absolute atomic E-state index is 12.3. The zero-order valence-corrected chi connectivity index (χ0v) is 15.0. The summed E-state index contributed by atoms with van der Waals surface area (Å²) in [5.41, 5.74) is 4.15. The molecule has 0 bridgehead atoms. The van der Waals surface area contributed by atoms with Gasteiger partial charge in [0.25, 0.3) is 5.91 Å². The second-order valence-corrected chi connectivity index (χ2v) is 6.67. The molecule has 3 nitrogen and oxygen atoms in total. The first-order valence-corrected chi connectivity index (χ1v) is 8.35. The number of rotatable bonds is 3. The molecular formula is C19H16INO2. The van der Waals surface area contributed by atoms with Crippen molar-refractivity contribution in [2.24, 2.45) is 0 Å². The van der Waals surface area contributed by atoms with Crippen LogP contribution in [0, 0.1) is 17.4 Å². The summed E-state index contributed by atoms with van der Waals surface area (Å²) in [6.45, 7) is 4.13. The molecule has 0 unspecified atom stereocenters. The Labute approximate surface area is 148 Å². The minimum absolute atomic E-state index is 0.249. The lowest BCUT2D eigenvalue weighted by molar-refractivity contribution is 0.0997. The lowest BCUT2D eigenvalue weighted by atomic mass is 10.1. The first kappa shape index (κ1) is 15.8. The summed E-state index contributed by atoms with van der Waals surface area (Å²) in [7, 11) is 0. The van der Waals surface area contributed by atoms with Gasteiger partial charge in [-0.15, -0.1) is 0 Å². The Morgan fingerprint density at radius 2 is 1.70 bits per heavy atom. The van der Waals surface area contributed by atoms with Crippen LogP contribution >= 0.6 is 22.6 Å². The highest BCUT2D eigenvalue weighted by atomic mass is 127. The Balaban J connectivity index is 1.79. The van der Waals surface area contributed by atoms with Gasteiger partial charge < -0.3 is 9.73 Å². The SMILES string of the molecule is Cc1ccc(-c2ccc(C(=O)Nc3ccc(I)cc3)o2)cc1C. The summed E-state index contributed by atoms with van der Waals surface area (Å²) in [4.78, 5) is 12.3. The van der Waals surface area contributed by atoms with Crippen molar-refractivity contribution in [3.8, 4) is 11.3 Å². The van der Waals surface area contributed by atoms with Gasteiger partial charge in [0.05, 0.1) is 0 Å².